The summed E-state index contributed by atoms with van der Waals surface area (Å²) in [6, 6.07) is 0. The smallest absolute Gasteiger partial charge is 0.0847 e. The van der Waals surface area contributed by atoms with E-state index >= 15 is 0 Å². The Kier molecular flexibility index (Phi) is 1.76. The minimum atomic E-state index is 0.502. The molecule has 0 aromatic heterocycles. The Hall–Kier alpha value is -0.0800. The van der Waals surface area contributed by atoms with Crippen molar-refractivity contribution in [3.8, 4) is 0 Å². The largest absolute Gasteiger partial charge is 0.370 e. The maximum Gasteiger partial charge on any atom is 0.0847 e. The molecular formula is C14H22O2. The van der Waals surface area contributed by atoms with Gasteiger partial charge in [-0.2, -0.15) is 0 Å². The Morgan fingerprint density at radius 3 is 1.56 bits per heavy atom. The van der Waals surface area contributed by atoms with Crippen molar-refractivity contribution in [1.82, 2.24) is 0 Å². The zero-order chi connectivity index (χ0) is 11.0. The summed E-state index contributed by atoms with van der Waals surface area (Å²) in [6.07, 6.45) is 10.4. The zero-order valence-corrected chi connectivity index (χ0v) is 10.4. The predicted molar refractivity (Wildman–Crippen MR) is 61.2 cm³/mol. The van der Waals surface area contributed by atoms with E-state index in [1.165, 1.54) is 38.5 Å². The van der Waals surface area contributed by atoms with E-state index < -0.39 is 0 Å². The molecule has 0 N–H and O–H groups in total. The number of ether oxygens (including phenoxy) is 2. The molecule has 4 fully saturated rings. The molecule has 2 heteroatoms. The normalized spacial score (nSPS) is 63.4. The van der Waals surface area contributed by atoms with Crippen LogP contribution in [0.15, 0.2) is 0 Å². The van der Waals surface area contributed by atoms with Crippen molar-refractivity contribution in [3.63, 3.8) is 0 Å². The third kappa shape index (κ3) is 1.26. The topological polar surface area (TPSA) is 25.1 Å². The summed E-state index contributed by atoms with van der Waals surface area (Å²) in [5, 5.41) is 0. The first-order valence-electron chi connectivity index (χ1n) is 6.91. The van der Waals surface area contributed by atoms with Crippen molar-refractivity contribution in [2.24, 2.45) is 10.8 Å². The summed E-state index contributed by atoms with van der Waals surface area (Å²) in [6.45, 7) is 5.02. The molecule has 90 valence electrons. The summed E-state index contributed by atoms with van der Waals surface area (Å²) in [4.78, 5) is 0. The molecule has 2 saturated heterocycles. The van der Waals surface area contributed by atoms with Crippen LogP contribution in [0.25, 0.3) is 0 Å². The van der Waals surface area contributed by atoms with Crippen molar-refractivity contribution < 1.29 is 9.47 Å². The van der Waals surface area contributed by atoms with Gasteiger partial charge in [0.2, 0.25) is 0 Å². The number of epoxide rings is 2. The second-order valence-electron chi connectivity index (χ2n) is 7.03. The monoisotopic (exact) mass is 222 g/mol. The van der Waals surface area contributed by atoms with Gasteiger partial charge in [0.05, 0.1) is 24.4 Å². The lowest BCUT2D eigenvalue weighted by Crippen LogP contribution is -2.44. The average molecular weight is 222 g/mol. The first-order chi connectivity index (χ1) is 7.60. The van der Waals surface area contributed by atoms with Crippen LogP contribution in [0.3, 0.4) is 0 Å². The van der Waals surface area contributed by atoms with E-state index in [-0.39, 0.29) is 0 Å². The Bertz CT molecular complexity index is 297. The Morgan fingerprint density at radius 2 is 1.19 bits per heavy atom. The molecule has 6 atom stereocenters. The van der Waals surface area contributed by atoms with Gasteiger partial charge >= 0.3 is 0 Å². The second-order valence-corrected chi connectivity index (χ2v) is 7.03. The van der Waals surface area contributed by atoms with Crippen LogP contribution in [-0.2, 0) is 9.47 Å². The molecule has 6 unspecified atom stereocenters. The zero-order valence-electron chi connectivity index (χ0n) is 10.4. The lowest BCUT2D eigenvalue weighted by atomic mass is 9.54. The van der Waals surface area contributed by atoms with Crippen molar-refractivity contribution in [2.45, 2.75) is 76.8 Å². The van der Waals surface area contributed by atoms with Crippen LogP contribution >= 0.6 is 0 Å². The second kappa shape index (κ2) is 2.84. The molecule has 2 aliphatic heterocycles. The molecule has 0 spiro atoms. The summed E-state index contributed by atoms with van der Waals surface area (Å²) < 4.78 is 11.4. The number of fused-ring (bicyclic) bond motifs is 2. The van der Waals surface area contributed by atoms with Crippen LogP contribution in [-0.4, -0.2) is 24.4 Å². The quantitative estimate of drug-likeness (QED) is 0.637. The highest BCUT2D eigenvalue weighted by atomic mass is 16.6. The number of hydrogen-bond acceptors (Lipinski definition) is 2. The fourth-order valence-electron chi connectivity index (χ4n) is 4.34. The van der Waals surface area contributed by atoms with Gasteiger partial charge in [-0.3, -0.25) is 0 Å². The highest BCUT2D eigenvalue weighted by Crippen LogP contribution is 2.61. The fourth-order valence-corrected chi connectivity index (χ4v) is 4.34. The SMILES string of the molecule is CC1(C2(C)CCC3OC3C2)CCC2OC2C1. The van der Waals surface area contributed by atoms with Crippen LogP contribution in [0.4, 0.5) is 0 Å². The maximum absolute atomic E-state index is 5.72. The molecule has 0 aromatic carbocycles. The van der Waals surface area contributed by atoms with Crippen LogP contribution in [0, 0.1) is 10.8 Å². The van der Waals surface area contributed by atoms with Crippen LogP contribution in [0.1, 0.15) is 52.4 Å². The lowest BCUT2D eigenvalue weighted by Gasteiger charge is -2.49. The molecule has 2 saturated carbocycles. The van der Waals surface area contributed by atoms with Gasteiger partial charge in [0, 0.05) is 0 Å². The third-order valence-corrected chi connectivity index (χ3v) is 6.10. The average Bonchev–Trinajstić information content (AvgIpc) is 3.09. The van der Waals surface area contributed by atoms with E-state index in [2.05, 4.69) is 13.8 Å². The molecule has 0 bridgehead atoms. The maximum atomic E-state index is 5.72. The minimum absolute atomic E-state index is 0.502. The van der Waals surface area contributed by atoms with Gasteiger partial charge < -0.3 is 9.47 Å². The first-order valence-corrected chi connectivity index (χ1v) is 6.91. The molecular weight excluding hydrogens is 200 g/mol. The van der Waals surface area contributed by atoms with Crippen LogP contribution in [0.5, 0.6) is 0 Å². The van der Waals surface area contributed by atoms with Gasteiger partial charge in [-0.1, -0.05) is 13.8 Å². The third-order valence-electron chi connectivity index (χ3n) is 6.10. The molecule has 2 nitrogen and oxygen atoms in total. The van der Waals surface area contributed by atoms with Gasteiger partial charge in [-0.05, 0) is 49.4 Å². The highest BCUT2D eigenvalue weighted by molar-refractivity contribution is 5.08. The van der Waals surface area contributed by atoms with Crippen LogP contribution < -0.4 is 0 Å². The van der Waals surface area contributed by atoms with Crippen molar-refractivity contribution in [2.75, 3.05) is 0 Å². The van der Waals surface area contributed by atoms with E-state index in [4.69, 9.17) is 9.47 Å². The minimum Gasteiger partial charge on any atom is -0.370 e. The molecule has 2 heterocycles. The molecule has 2 aliphatic carbocycles. The Morgan fingerprint density at radius 1 is 0.750 bits per heavy atom. The van der Waals surface area contributed by atoms with Gasteiger partial charge in [0.1, 0.15) is 0 Å². The number of hydrogen-bond donors (Lipinski definition) is 0. The lowest BCUT2D eigenvalue weighted by molar-refractivity contribution is 0.00757. The standard InChI is InChI=1S/C14H22O2/c1-13(5-3-9-11(7-13)15-9)14(2)6-4-10-12(8-14)16-10/h9-12H,3-8H2,1-2H3. The van der Waals surface area contributed by atoms with E-state index in [0.29, 0.717) is 35.2 Å². The van der Waals surface area contributed by atoms with Crippen molar-refractivity contribution in [1.29, 1.82) is 0 Å². The highest BCUT2D eigenvalue weighted by Gasteiger charge is 2.59. The van der Waals surface area contributed by atoms with Gasteiger partial charge in [-0.25, -0.2) is 0 Å². The van der Waals surface area contributed by atoms with Gasteiger partial charge in [0.25, 0.3) is 0 Å². The van der Waals surface area contributed by atoms with Crippen molar-refractivity contribution >= 4 is 0 Å². The van der Waals surface area contributed by atoms with E-state index in [9.17, 15) is 0 Å². The summed E-state index contributed by atoms with van der Waals surface area (Å²) in [7, 11) is 0. The van der Waals surface area contributed by atoms with Crippen LogP contribution in [0.2, 0.25) is 0 Å². The molecule has 16 heavy (non-hydrogen) atoms. The molecule has 0 amide bonds. The van der Waals surface area contributed by atoms with E-state index in [1.54, 1.807) is 0 Å². The summed E-state index contributed by atoms with van der Waals surface area (Å²) in [5.41, 5.74) is 1.00. The Labute approximate surface area is 97.7 Å². The summed E-state index contributed by atoms with van der Waals surface area (Å²) in [5.74, 6) is 0. The van der Waals surface area contributed by atoms with Gasteiger partial charge in [0.15, 0.2) is 0 Å². The summed E-state index contributed by atoms with van der Waals surface area (Å²) >= 11 is 0. The predicted octanol–water partition coefficient (Wildman–Crippen LogP) is 2.90. The van der Waals surface area contributed by atoms with E-state index in [1.807, 2.05) is 0 Å². The molecule has 0 radical (unpaired) electrons. The Balaban J connectivity index is 1.57. The number of rotatable bonds is 1. The molecule has 4 aliphatic rings. The molecule has 0 aromatic rings. The first kappa shape index (κ1) is 9.90. The van der Waals surface area contributed by atoms with Crippen molar-refractivity contribution in [3.05, 3.63) is 0 Å². The van der Waals surface area contributed by atoms with E-state index in [0.717, 1.165) is 0 Å². The molecule has 4 rings (SSSR count). The fraction of sp³-hybridized carbons (Fsp3) is 1.00. The van der Waals surface area contributed by atoms with Gasteiger partial charge in [-0.15, -0.1) is 0 Å².